The summed E-state index contributed by atoms with van der Waals surface area (Å²) in [5.41, 5.74) is 2.13. The van der Waals surface area contributed by atoms with Gasteiger partial charge in [-0.2, -0.15) is 5.10 Å². The number of fused-ring (bicyclic) bond motifs is 2. The summed E-state index contributed by atoms with van der Waals surface area (Å²) in [7, 11) is 0. The fourth-order valence-electron chi connectivity index (χ4n) is 3.63. The monoisotopic (exact) mass is 451 g/mol. The quantitative estimate of drug-likeness (QED) is 0.469. The van der Waals surface area contributed by atoms with E-state index in [2.05, 4.69) is 15.4 Å². The molecule has 0 saturated heterocycles. The molecule has 2 aromatic carbocycles. The van der Waals surface area contributed by atoms with Crippen molar-refractivity contribution < 1.29 is 4.79 Å². The zero-order valence-electron chi connectivity index (χ0n) is 16.4. The van der Waals surface area contributed by atoms with Crippen LogP contribution in [0.1, 0.15) is 18.0 Å². The molecule has 1 N–H and O–H groups in total. The fourth-order valence-corrected chi connectivity index (χ4v) is 4.89. The highest BCUT2D eigenvalue weighted by Gasteiger charge is 2.29. The van der Waals surface area contributed by atoms with Crippen LogP contribution in [0.2, 0.25) is 5.02 Å². The van der Waals surface area contributed by atoms with Crippen molar-refractivity contribution in [3.05, 3.63) is 81.7 Å². The average molecular weight is 452 g/mol. The second-order valence-corrected chi connectivity index (χ2v) is 8.69. The van der Waals surface area contributed by atoms with E-state index in [4.69, 9.17) is 11.6 Å². The van der Waals surface area contributed by atoms with Gasteiger partial charge in [-0.3, -0.25) is 14.2 Å². The van der Waals surface area contributed by atoms with Crippen LogP contribution < -0.4 is 10.9 Å². The summed E-state index contributed by atoms with van der Waals surface area (Å²) in [4.78, 5) is 30.4. The number of benzene rings is 2. The number of thioether (sulfide) groups is 1. The van der Waals surface area contributed by atoms with Crippen LogP contribution in [0.5, 0.6) is 0 Å². The van der Waals surface area contributed by atoms with Crippen molar-refractivity contribution in [1.29, 1.82) is 0 Å². The first kappa shape index (κ1) is 19.8. The highest BCUT2D eigenvalue weighted by Crippen LogP contribution is 2.33. The molecule has 9 heteroatoms. The van der Waals surface area contributed by atoms with E-state index in [1.54, 1.807) is 21.4 Å². The first-order valence-electron chi connectivity index (χ1n) is 9.80. The van der Waals surface area contributed by atoms with Gasteiger partial charge in [-0.25, -0.2) is 9.67 Å². The van der Waals surface area contributed by atoms with Gasteiger partial charge >= 0.3 is 0 Å². The van der Waals surface area contributed by atoms with E-state index in [0.29, 0.717) is 33.5 Å². The van der Waals surface area contributed by atoms with Gasteiger partial charge in [0, 0.05) is 23.7 Å². The smallest absolute Gasteiger partial charge is 0.265 e. The van der Waals surface area contributed by atoms with E-state index >= 15 is 0 Å². The number of amides is 1. The lowest BCUT2D eigenvalue weighted by Crippen LogP contribution is -2.30. The zero-order valence-corrected chi connectivity index (χ0v) is 17.9. The Kier molecular flexibility index (Phi) is 5.25. The highest BCUT2D eigenvalue weighted by atomic mass is 35.5. The molecule has 0 fully saturated rings. The maximum atomic E-state index is 13.2. The van der Waals surface area contributed by atoms with Crippen molar-refractivity contribution in [3.8, 4) is 5.69 Å². The van der Waals surface area contributed by atoms with Gasteiger partial charge in [0.15, 0.2) is 10.8 Å². The number of hydrogen-bond acceptors (Lipinski definition) is 5. The van der Waals surface area contributed by atoms with E-state index in [-0.39, 0.29) is 23.9 Å². The first-order valence-corrected chi connectivity index (χ1v) is 11.2. The summed E-state index contributed by atoms with van der Waals surface area (Å²) in [6.45, 7) is 0.465. The molecule has 5 rings (SSSR count). The number of aromatic nitrogens is 4. The lowest BCUT2D eigenvalue weighted by atomic mass is 10.2. The second-order valence-electron chi connectivity index (χ2n) is 7.27. The molecular formula is C22H18ClN5O2S. The summed E-state index contributed by atoms with van der Waals surface area (Å²) in [6, 6.07) is 16.7. The summed E-state index contributed by atoms with van der Waals surface area (Å²) in [5.74, 6) is 0.535. The maximum absolute atomic E-state index is 13.2. The molecule has 0 spiro atoms. The minimum Gasteiger partial charge on any atom is -0.352 e. The molecule has 1 unspecified atom stereocenters. The largest absolute Gasteiger partial charge is 0.352 e. The first-order chi connectivity index (χ1) is 15.1. The van der Waals surface area contributed by atoms with Crippen LogP contribution in [0.4, 0.5) is 0 Å². The number of nitrogens with zero attached hydrogens (tertiary/aromatic N) is 4. The SMILES string of the molecule is O=C(CC1CSc2nc3c(cnn3-c3ccc(Cl)cc3)c(=O)n21)NCc1ccccc1. The van der Waals surface area contributed by atoms with Crippen molar-refractivity contribution in [2.45, 2.75) is 24.2 Å². The molecule has 4 aromatic rings. The number of rotatable bonds is 5. The van der Waals surface area contributed by atoms with Crippen molar-refractivity contribution in [2.24, 2.45) is 0 Å². The molecule has 1 atom stereocenters. The Morgan fingerprint density at radius 2 is 1.94 bits per heavy atom. The number of carbonyl (C=O) groups is 1. The predicted molar refractivity (Wildman–Crippen MR) is 121 cm³/mol. The Balaban J connectivity index is 1.39. The number of hydrogen-bond donors (Lipinski definition) is 1. The Morgan fingerprint density at radius 3 is 2.71 bits per heavy atom. The average Bonchev–Trinajstić information content (AvgIpc) is 3.39. The Hall–Kier alpha value is -3.10. The summed E-state index contributed by atoms with van der Waals surface area (Å²) < 4.78 is 3.26. The molecular weight excluding hydrogens is 434 g/mol. The summed E-state index contributed by atoms with van der Waals surface area (Å²) in [5, 5.41) is 8.94. The molecule has 0 bridgehead atoms. The molecule has 0 aliphatic carbocycles. The van der Waals surface area contributed by atoms with Crippen LogP contribution in [0, 0.1) is 0 Å². The van der Waals surface area contributed by atoms with E-state index in [1.807, 2.05) is 42.5 Å². The molecule has 31 heavy (non-hydrogen) atoms. The molecule has 156 valence electrons. The van der Waals surface area contributed by atoms with Crippen molar-refractivity contribution in [1.82, 2.24) is 24.6 Å². The Bertz CT molecular complexity index is 1320. The second kappa shape index (κ2) is 8.20. The predicted octanol–water partition coefficient (Wildman–Crippen LogP) is 3.59. The lowest BCUT2D eigenvalue weighted by molar-refractivity contribution is -0.121. The van der Waals surface area contributed by atoms with Gasteiger partial charge in [0.25, 0.3) is 5.56 Å². The standard InChI is InChI=1S/C22H18ClN5O2S/c23-15-6-8-16(9-7-15)28-20-18(12-25-28)21(30)27-17(13-31-22(27)26-20)10-19(29)24-11-14-4-2-1-3-5-14/h1-9,12,17H,10-11,13H2,(H,24,29). The number of halogens is 1. The van der Waals surface area contributed by atoms with Gasteiger partial charge in [-0.15, -0.1) is 0 Å². The third kappa shape index (κ3) is 3.84. The van der Waals surface area contributed by atoms with Gasteiger partial charge in [0.1, 0.15) is 5.39 Å². The van der Waals surface area contributed by atoms with Gasteiger partial charge in [0.2, 0.25) is 5.91 Å². The molecule has 1 aliphatic heterocycles. The van der Waals surface area contributed by atoms with E-state index in [9.17, 15) is 9.59 Å². The van der Waals surface area contributed by atoms with Gasteiger partial charge < -0.3 is 5.32 Å². The molecule has 1 aliphatic rings. The molecule has 7 nitrogen and oxygen atoms in total. The zero-order chi connectivity index (χ0) is 21.4. The van der Waals surface area contributed by atoms with Crippen LogP contribution in [0.3, 0.4) is 0 Å². The van der Waals surface area contributed by atoms with Crippen molar-refractivity contribution >= 4 is 40.3 Å². The maximum Gasteiger partial charge on any atom is 0.265 e. The van der Waals surface area contributed by atoms with E-state index in [1.165, 1.54) is 18.0 Å². The minimum absolute atomic E-state index is 0.0915. The van der Waals surface area contributed by atoms with E-state index < -0.39 is 0 Å². The molecule has 1 amide bonds. The number of nitrogens with one attached hydrogen (secondary N) is 1. The number of carbonyl (C=O) groups excluding carboxylic acids is 1. The molecule has 0 radical (unpaired) electrons. The summed E-state index contributed by atoms with van der Waals surface area (Å²) >= 11 is 7.45. The van der Waals surface area contributed by atoms with Gasteiger partial charge in [-0.1, -0.05) is 53.7 Å². The molecule has 2 aromatic heterocycles. The third-order valence-corrected chi connectivity index (χ3v) is 6.54. The van der Waals surface area contributed by atoms with Crippen LogP contribution >= 0.6 is 23.4 Å². The van der Waals surface area contributed by atoms with Crippen LogP contribution in [0.25, 0.3) is 16.7 Å². The van der Waals surface area contributed by atoms with Crippen LogP contribution in [-0.2, 0) is 11.3 Å². The Morgan fingerprint density at radius 1 is 1.16 bits per heavy atom. The van der Waals surface area contributed by atoms with Crippen LogP contribution in [-0.4, -0.2) is 31.0 Å². The third-order valence-electron chi connectivity index (χ3n) is 5.20. The topological polar surface area (TPSA) is 81.8 Å². The van der Waals surface area contributed by atoms with Crippen molar-refractivity contribution in [3.63, 3.8) is 0 Å². The fraction of sp³-hybridized carbons (Fsp3) is 0.182. The highest BCUT2D eigenvalue weighted by molar-refractivity contribution is 7.99. The lowest BCUT2D eigenvalue weighted by Gasteiger charge is -2.13. The normalized spacial score (nSPS) is 15.2. The van der Waals surface area contributed by atoms with Gasteiger partial charge in [-0.05, 0) is 29.8 Å². The molecule has 0 saturated carbocycles. The summed E-state index contributed by atoms with van der Waals surface area (Å²) in [6.07, 6.45) is 1.76. The van der Waals surface area contributed by atoms with Crippen LogP contribution in [0.15, 0.2) is 70.7 Å². The van der Waals surface area contributed by atoms with Crippen molar-refractivity contribution in [2.75, 3.05) is 5.75 Å². The Labute approximate surface area is 187 Å². The van der Waals surface area contributed by atoms with E-state index in [0.717, 1.165) is 11.3 Å². The van der Waals surface area contributed by atoms with Gasteiger partial charge in [0.05, 0.1) is 17.9 Å². The molecule has 3 heterocycles. The minimum atomic E-state index is -0.237.